The standard InChI is InChI=1S/C30H23F2N5O5S/c1-37-13-12-35-27(37)17-6-5-7-18(14-17)41-28-23(31)25(43-22-9-4-3-8-19(22)30(39)40-2)24(32)29(36-28)42-21-15-16(26(33)34)10-11-20(21)38/h3-15H,33-34H2,1-2H3. The Morgan fingerprint density at radius 1 is 1.00 bits per heavy atom. The number of hydrogen-bond donors (Lipinski definition) is 2. The smallest absolute Gasteiger partial charge is 0.339 e. The second-order valence-corrected chi connectivity index (χ2v) is 10.0. The number of esters is 1. The second-order valence-electron chi connectivity index (χ2n) is 8.98. The Hall–Kier alpha value is -5.43. The number of aromatic nitrogens is 3. The first-order chi connectivity index (χ1) is 20.7. The SMILES string of the molecule is COC(=O)c1ccccc1Sc1c(F)c(OC2=CC(=C(N)N)C=CC2=O)nc(Oc2cccc(-c3nccn3C)c2)c1F. The van der Waals surface area contributed by atoms with Crippen molar-refractivity contribution < 1.29 is 32.6 Å². The van der Waals surface area contributed by atoms with Gasteiger partial charge in [0.15, 0.2) is 5.76 Å². The minimum Gasteiger partial charge on any atom is -0.465 e. The highest BCUT2D eigenvalue weighted by Gasteiger charge is 2.28. The van der Waals surface area contributed by atoms with Crippen LogP contribution in [0.1, 0.15) is 10.4 Å². The summed E-state index contributed by atoms with van der Waals surface area (Å²) >= 11 is 0.590. The fourth-order valence-electron chi connectivity index (χ4n) is 3.98. The summed E-state index contributed by atoms with van der Waals surface area (Å²) in [5, 5.41) is 0. The Balaban J connectivity index is 1.61. The molecular weight excluding hydrogens is 580 g/mol. The lowest BCUT2D eigenvalue weighted by molar-refractivity contribution is -0.113. The maximum absolute atomic E-state index is 16.0. The van der Waals surface area contributed by atoms with E-state index in [4.69, 9.17) is 25.7 Å². The summed E-state index contributed by atoms with van der Waals surface area (Å²) in [5.74, 6) is -4.87. The minimum atomic E-state index is -1.24. The molecule has 0 unspecified atom stereocenters. The average Bonchev–Trinajstić information content (AvgIpc) is 3.44. The van der Waals surface area contributed by atoms with Crippen molar-refractivity contribution in [1.82, 2.24) is 14.5 Å². The van der Waals surface area contributed by atoms with E-state index in [-0.39, 0.29) is 33.4 Å². The zero-order chi connectivity index (χ0) is 30.7. The summed E-state index contributed by atoms with van der Waals surface area (Å²) < 4.78 is 49.9. The zero-order valence-corrected chi connectivity index (χ0v) is 23.5. The van der Waals surface area contributed by atoms with Crippen molar-refractivity contribution >= 4 is 23.5 Å². The average molecular weight is 604 g/mol. The van der Waals surface area contributed by atoms with Crippen LogP contribution < -0.4 is 20.9 Å². The molecule has 0 fully saturated rings. The molecule has 10 nitrogen and oxygen atoms in total. The second kappa shape index (κ2) is 12.2. The highest BCUT2D eigenvalue weighted by molar-refractivity contribution is 7.99. The Bertz CT molecular complexity index is 1850. The van der Waals surface area contributed by atoms with Crippen LogP contribution in [0, 0.1) is 11.6 Å². The van der Waals surface area contributed by atoms with Crippen molar-refractivity contribution in [3.8, 4) is 28.9 Å². The molecule has 0 spiro atoms. The third-order valence-electron chi connectivity index (χ3n) is 6.09. The molecule has 0 atom stereocenters. The van der Waals surface area contributed by atoms with Crippen LogP contribution in [0.25, 0.3) is 11.4 Å². The number of allylic oxidation sites excluding steroid dienone is 4. The van der Waals surface area contributed by atoms with Gasteiger partial charge in [0, 0.05) is 35.5 Å². The van der Waals surface area contributed by atoms with E-state index in [2.05, 4.69) is 9.97 Å². The molecule has 0 saturated carbocycles. The van der Waals surface area contributed by atoms with Crippen molar-refractivity contribution in [3.05, 3.63) is 114 Å². The third-order valence-corrected chi connectivity index (χ3v) is 7.23. The summed E-state index contributed by atoms with van der Waals surface area (Å²) in [4.78, 5) is 32.7. The Labute approximate surface area is 248 Å². The van der Waals surface area contributed by atoms with Gasteiger partial charge in [-0.1, -0.05) is 36.0 Å². The summed E-state index contributed by atoms with van der Waals surface area (Å²) in [6.07, 6.45) is 7.09. The number of nitrogens with zero attached hydrogens (tertiary/aromatic N) is 3. The predicted octanol–water partition coefficient (Wildman–Crippen LogP) is 5.02. The molecule has 0 radical (unpaired) electrons. The molecule has 0 bridgehead atoms. The number of carbonyl (C=O) groups excluding carboxylic acids is 2. The molecule has 0 saturated heterocycles. The van der Waals surface area contributed by atoms with Crippen molar-refractivity contribution in [1.29, 1.82) is 0 Å². The van der Waals surface area contributed by atoms with Gasteiger partial charge in [-0.2, -0.15) is 13.8 Å². The van der Waals surface area contributed by atoms with Gasteiger partial charge in [-0.3, -0.25) is 4.79 Å². The number of benzene rings is 2. The van der Waals surface area contributed by atoms with Crippen LogP contribution in [0.5, 0.6) is 17.5 Å². The number of ketones is 1. The number of halogens is 2. The van der Waals surface area contributed by atoms with Crippen LogP contribution in [0.2, 0.25) is 0 Å². The molecule has 13 heteroatoms. The highest BCUT2D eigenvalue weighted by atomic mass is 32.2. The highest BCUT2D eigenvalue weighted by Crippen LogP contribution is 2.41. The Morgan fingerprint density at radius 2 is 1.74 bits per heavy atom. The van der Waals surface area contributed by atoms with E-state index < -0.39 is 40.0 Å². The van der Waals surface area contributed by atoms with E-state index in [1.165, 1.54) is 31.4 Å². The van der Waals surface area contributed by atoms with Crippen LogP contribution in [0.15, 0.2) is 106 Å². The maximum Gasteiger partial charge on any atom is 0.339 e. The van der Waals surface area contributed by atoms with Gasteiger partial charge in [0.2, 0.25) is 17.4 Å². The largest absolute Gasteiger partial charge is 0.465 e. The normalized spacial score (nSPS) is 12.6. The molecule has 1 aliphatic rings. The molecular formula is C30H23F2N5O5S. The molecule has 0 amide bonds. The van der Waals surface area contributed by atoms with E-state index in [1.807, 2.05) is 7.05 Å². The van der Waals surface area contributed by atoms with Gasteiger partial charge in [0.1, 0.15) is 17.4 Å². The van der Waals surface area contributed by atoms with Gasteiger partial charge in [-0.25, -0.2) is 9.78 Å². The minimum absolute atomic E-state index is 0.0711. The predicted molar refractivity (Wildman–Crippen MR) is 153 cm³/mol. The van der Waals surface area contributed by atoms with Crippen LogP contribution in [0.3, 0.4) is 0 Å². The first kappa shape index (κ1) is 29.1. The van der Waals surface area contributed by atoms with Crippen molar-refractivity contribution in [3.63, 3.8) is 0 Å². The molecule has 43 heavy (non-hydrogen) atoms. The monoisotopic (exact) mass is 603 g/mol. The lowest BCUT2D eigenvalue weighted by atomic mass is 10.1. The van der Waals surface area contributed by atoms with Gasteiger partial charge in [0.05, 0.1) is 17.6 Å². The van der Waals surface area contributed by atoms with Crippen molar-refractivity contribution in [2.45, 2.75) is 9.79 Å². The van der Waals surface area contributed by atoms with Gasteiger partial charge < -0.3 is 30.2 Å². The number of methoxy groups -OCH3 is 1. The first-order valence-corrected chi connectivity index (χ1v) is 13.3. The quantitative estimate of drug-likeness (QED) is 0.263. The topological polar surface area (TPSA) is 145 Å². The number of nitrogens with two attached hydrogens (primary N) is 2. The summed E-state index contributed by atoms with van der Waals surface area (Å²) in [7, 11) is 3.00. The summed E-state index contributed by atoms with van der Waals surface area (Å²) in [6.45, 7) is 0. The fourth-order valence-corrected chi connectivity index (χ4v) is 4.96. The lowest BCUT2D eigenvalue weighted by Crippen LogP contribution is -2.16. The number of imidazole rings is 1. The molecule has 4 N–H and O–H groups in total. The number of pyridine rings is 1. The number of hydrogen-bond acceptors (Lipinski definition) is 10. The number of rotatable bonds is 8. The summed E-state index contributed by atoms with van der Waals surface area (Å²) in [6, 6.07) is 12.7. The summed E-state index contributed by atoms with van der Waals surface area (Å²) in [5.41, 5.74) is 12.2. The van der Waals surface area contributed by atoms with Gasteiger partial charge in [0.25, 0.3) is 11.8 Å². The van der Waals surface area contributed by atoms with Crippen molar-refractivity contribution in [2.75, 3.05) is 7.11 Å². The molecule has 2 aromatic heterocycles. The molecule has 0 aliphatic heterocycles. The molecule has 2 heterocycles. The van der Waals surface area contributed by atoms with E-state index in [0.717, 1.165) is 6.08 Å². The number of ether oxygens (including phenoxy) is 3. The Kier molecular flexibility index (Phi) is 8.25. The molecule has 5 rings (SSSR count). The Morgan fingerprint density at radius 3 is 2.44 bits per heavy atom. The molecule has 218 valence electrons. The van der Waals surface area contributed by atoms with Crippen molar-refractivity contribution in [2.24, 2.45) is 18.5 Å². The number of carbonyl (C=O) groups is 2. The van der Waals surface area contributed by atoms with Gasteiger partial charge >= 0.3 is 5.97 Å². The molecule has 4 aromatic rings. The van der Waals surface area contributed by atoms with Gasteiger partial charge in [-0.15, -0.1) is 0 Å². The van der Waals surface area contributed by atoms with Crippen LogP contribution >= 0.6 is 11.8 Å². The first-order valence-electron chi connectivity index (χ1n) is 12.5. The lowest BCUT2D eigenvalue weighted by Gasteiger charge is -2.16. The molecule has 2 aromatic carbocycles. The number of aryl methyl sites for hydroxylation is 1. The van der Waals surface area contributed by atoms with Crippen LogP contribution in [-0.2, 0) is 16.6 Å². The fraction of sp³-hybridized carbons (Fsp3) is 0.0667. The van der Waals surface area contributed by atoms with Crippen LogP contribution in [0.4, 0.5) is 8.78 Å². The zero-order valence-electron chi connectivity index (χ0n) is 22.7. The van der Waals surface area contributed by atoms with Gasteiger partial charge in [-0.05, 0) is 42.5 Å². The van der Waals surface area contributed by atoms with E-state index >= 15 is 8.78 Å². The third kappa shape index (κ3) is 6.11. The van der Waals surface area contributed by atoms with E-state index in [0.29, 0.717) is 23.1 Å². The van der Waals surface area contributed by atoms with E-state index in [1.54, 1.807) is 53.4 Å². The molecule has 1 aliphatic carbocycles. The maximum atomic E-state index is 16.0. The van der Waals surface area contributed by atoms with E-state index in [9.17, 15) is 9.59 Å². The van der Waals surface area contributed by atoms with Crippen LogP contribution in [-0.4, -0.2) is 33.4 Å².